The number of carbonyl (C=O) groups excluding carboxylic acids is 1. The predicted octanol–water partition coefficient (Wildman–Crippen LogP) is 3.87. The molecule has 1 aromatic heterocycles. The largest absolute Gasteiger partial charge is 0.494 e. The highest BCUT2D eigenvalue weighted by molar-refractivity contribution is 5.96. The number of hydrogen-bond donors (Lipinski definition) is 1. The van der Waals surface area contributed by atoms with Crippen LogP contribution in [0.4, 0.5) is 4.39 Å². The summed E-state index contributed by atoms with van der Waals surface area (Å²) >= 11 is 0. The Morgan fingerprint density at radius 2 is 2.00 bits per heavy atom. The first-order valence-corrected chi connectivity index (χ1v) is 11.8. The zero-order chi connectivity index (χ0) is 25.9. The third-order valence-corrected chi connectivity index (χ3v) is 6.12. The number of amides is 1. The van der Waals surface area contributed by atoms with E-state index in [2.05, 4.69) is 10.1 Å². The Morgan fingerprint density at radius 1 is 1.25 bits per heavy atom. The summed E-state index contributed by atoms with van der Waals surface area (Å²) in [5.74, 6) is 0.721. The number of aryl methyl sites for hydroxylation is 1. The van der Waals surface area contributed by atoms with Crippen molar-refractivity contribution in [1.29, 1.82) is 0 Å². The first-order chi connectivity index (χ1) is 17.2. The van der Waals surface area contributed by atoms with Crippen LogP contribution in [0.3, 0.4) is 0 Å². The number of nitrogens with zero attached hydrogens (tertiary/aromatic N) is 4. The zero-order valence-electron chi connectivity index (χ0n) is 20.9. The molecule has 8 nitrogen and oxygen atoms in total. The Hall–Kier alpha value is -3.72. The molecule has 0 bridgehead atoms. The molecule has 190 valence electrons. The van der Waals surface area contributed by atoms with Crippen molar-refractivity contribution in [1.82, 2.24) is 19.7 Å². The van der Waals surface area contributed by atoms with E-state index in [1.165, 1.54) is 12.1 Å². The first-order valence-electron chi connectivity index (χ1n) is 11.8. The monoisotopic (exact) mass is 494 g/mol. The maximum Gasteiger partial charge on any atom is 0.289 e. The third-order valence-electron chi connectivity index (χ3n) is 6.12. The van der Waals surface area contributed by atoms with Gasteiger partial charge < -0.3 is 19.5 Å². The van der Waals surface area contributed by atoms with E-state index in [0.717, 1.165) is 16.8 Å². The average molecular weight is 495 g/mol. The van der Waals surface area contributed by atoms with Crippen molar-refractivity contribution >= 4 is 12.0 Å². The van der Waals surface area contributed by atoms with E-state index in [9.17, 15) is 14.3 Å². The Bertz CT molecular complexity index is 1250. The lowest BCUT2D eigenvalue weighted by atomic mass is 9.95. The number of benzene rings is 2. The fraction of sp³-hybridized carbons (Fsp3) is 0.370. The molecule has 0 aliphatic carbocycles. The fourth-order valence-electron chi connectivity index (χ4n) is 4.33. The molecule has 0 saturated carbocycles. The Kier molecular flexibility index (Phi) is 7.40. The van der Waals surface area contributed by atoms with Crippen LogP contribution < -0.4 is 4.74 Å². The molecule has 0 spiro atoms. The van der Waals surface area contributed by atoms with E-state index >= 15 is 0 Å². The molecule has 1 saturated heterocycles. The number of carbonyl (C=O) groups is 1. The highest BCUT2D eigenvalue weighted by Gasteiger charge is 2.36. The number of aliphatic hydroxyl groups is 1. The summed E-state index contributed by atoms with van der Waals surface area (Å²) < 4.78 is 26.5. The molecule has 1 atom stereocenters. The van der Waals surface area contributed by atoms with Crippen LogP contribution in [-0.4, -0.2) is 63.1 Å². The van der Waals surface area contributed by atoms with Gasteiger partial charge in [-0.1, -0.05) is 18.2 Å². The molecule has 1 fully saturated rings. The number of halogens is 1. The minimum Gasteiger partial charge on any atom is -0.494 e. The first kappa shape index (κ1) is 25.4. The molecule has 1 aliphatic heterocycles. The lowest BCUT2D eigenvalue weighted by Crippen LogP contribution is -2.50. The van der Waals surface area contributed by atoms with Crippen LogP contribution in [0.2, 0.25) is 0 Å². The smallest absolute Gasteiger partial charge is 0.289 e. The maximum absolute atomic E-state index is 13.3. The summed E-state index contributed by atoms with van der Waals surface area (Å²) in [4.78, 5) is 19.2. The van der Waals surface area contributed by atoms with Gasteiger partial charge in [0.05, 0.1) is 13.7 Å². The van der Waals surface area contributed by atoms with Crippen molar-refractivity contribution < 1.29 is 23.8 Å². The van der Waals surface area contributed by atoms with E-state index < -0.39 is 5.60 Å². The standard InChI is InChI=1S/C27H31FN4O4/c1-18-29-17-32(30-18)23-10-5-19(13-24(23)35-4)14-25-26(34)31(16-27(2,3)36-25)12-11-21(15-33)20-6-8-22(28)9-7-20/h5-10,13-14,17,21,33H,11-12,15-16H2,1-4H3/b25-14-/t21-/m0/s1. The van der Waals surface area contributed by atoms with Gasteiger partial charge >= 0.3 is 0 Å². The number of ether oxygens (including phenoxy) is 2. The highest BCUT2D eigenvalue weighted by Crippen LogP contribution is 2.30. The molecular formula is C27H31FN4O4. The van der Waals surface area contributed by atoms with Crippen molar-refractivity contribution in [2.45, 2.75) is 38.7 Å². The average Bonchev–Trinajstić information content (AvgIpc) is 3.28. The molecule has 0 unspecified atom stereocenters. The summed E-state index contributed by atoms with van der Waals surface area (Å²) in [6.07, 6.45) is 3.86. The van der Waals surface area contributed by atoms with Gasteiger partial charge in [-0.05, 0) is 68.7 Å². The number of aromatic nitrogens is 3. The van der Waals surface area contributed by atoms with E-state index in [1.54, 1.807) is 41.2 Å². The summed E-state index contributed by atoms with van der Waals surface area (Å²) in [5, 5.41) is 14.2. The fourth-order valence-corrected chi connectivity index (χ4v) is 4.33. The van der Waals surface area contributed by atoms with Gasteiger partial charge in [0.25, 0.3) is 5.91 Å². The van der Waals surface area contributed by atoms with Crippen molar-refractivity contribution in [3.8, 4) is 11.4 Å². The molecule has 3 aromatic rings. The van der Waals surface area contributed by atoms with Gasteiger partial charge in [0, 0.05) is 19.1 Å². The lowest BCUT2D eigenvalue weighted by molar-refractivity contribution is -0.145. The zero-order valence-corrected chi connectivity index (χ0v) is 20.9. The third kappa shape index (κ3) is 5.73. The van der Waals surface area contributed by atoms with Crippen LogP contribution in [0.1, 0.15) is 43.1 Å². The normalized spacial score (nSPS) is 17.2. The number of aliphatic hydroxyl groups excluding tert-OH is 1. The maximum atomic E-state index is 13.3. The minimum atomic E-state index is -0.591. The molecule has 4 rings (SSSR count). The van der Waals surface area contributed by atoms with Crippen molar-refractivity contribution in [2.24, 2.45) is 0 Å². The summed E-state index contributed by atoms with van der Waals surface area (Å²) in [6, 6.07) is 11.6. The second-order valence-corrected chi connectivity index (χ2v) is 9.48. The van der Waals surface area contributed by atoms with E-state index in [1.807, 2.05) is 39.0 Å². The number of hydrogen-bond acceptors (Lipinski definition) is 6. The summed E-state index contributed by atoms with van der Waals surface area (Å²) in [5.41, 5.74) is 1.72. The topological polar surface area (TPSA) is 89.7 Å². The lowest BCUT2D eigenvalue weighted by Gasteiger charge is -2.40. The van der Waals surface area contributed by atoms with Crippen LogP contribution in [0.25, 0.3) is 11.8 Å². The second-order valence-electron chi connectivity index (χ2n) is 9.48. The van der Waals surface area contributed by atoms with E-state index in [-0.39, 0.29) is 30.0 Å². The van der Waals surface area contributed by atoms with Crippen molar-refractivity contribution in [3.63, 3.8) is 0 Å². The predicted molar refractivity (Wildman–Crippen MR) is 133 cm³/mol. The quantitative estimate of drug-likeness (QED) is 0.478. The van der Waals surface area contributed by atoms with Crippen LogP contribution in [0.15, 0.2) is 54.6 Å². The van der Waals surface area contributed by atoms with Gasteiger partial charge in [0.15, 0.2) is 5.76 Å². The Labute approximate surface area is 210 Å². The van der Waals surface area contributed by atoms with Gasteiger partial charge in [-0.2, -0.15) is 5.10 Å². The summed E-state index contributed by atoms with van der Waals surface area (Å²) in [6.45, 7) is 6.43. The van der Waals surface area contributed by atoms with Gasteiger partial charge in [0.1, 0.15) is 35.0 Å². The highest BCUT2D eigenvalue weighted by atomic mass is 19.1. The van der Waals surface area contributed by atoms with E-state index in [4.69, 9.17) is 9.47 Å². The van der Waals surface area contributed by atoms with Crippen molar-refractivity contribution in [2.75, 3.05) is 26.8 Å². The SMILES string of the molecule is COc1cc(/C=C2\OC(C)(C)CN(CC[C@@H](CO)c3ccc(F)cc3)C2=O)ccc1-n1cnc(C)n1. The molecule has 36 heavy (non-hydrogen) atoms. The Balaban J connectivity index is 1.54. The van der Waals surface area contributed by atoms with Gasteiger partial charge in [-0.3, -0.25) is 4.79 Å². The van der Waals surface area contributed by atoms with Crippen LogP contribution in [0, 0.1) is 12.7 Å². The molecule has 2 aromatic carbocycles. The van der Waals surface area contributed by atoms with Gasteiger partial charge in [-0.25, -0.2) is 14.1 Å². The van der Waals surface area contributed by atoms with Crippen molar-refractivity contribution in [3.05, 3.63) is 77.3 Å². The molecule has 1 aliphatic rings. The Morgan fingerprint density at radius 3 is 2.64 bits per heavy atom. The molecular weight excluding hydrogens is 463 g/mol. The van der Waals surface area contributed by atoms with E-state index in [0.29, 0.717) is 31.1 Å². The number of methoxy groups -OCH3 is 1. The number of rotatable bonds is 8. The molecule has 1 N–H and O–H groups in total. The summed E-state index contributed by atoms with van der Waals surface area (Å²) in [7, 11) is 1.57. The molecule has 1 amide bonds. The number of morpholine rings is 1. The van der Waals surface area contributed by atoms with Gasteiger partial charge in [0.2, 0.25) is 0 Å². The van der Waals surface area contributed by atoms with Crippen LogP contribution in [-0.2, 0) is 9.53 Å². The van der Waals surface area contributed by atoms with Crippen LogP contribution >= 0.6 is 0 Å². The second kappa shape index (κ2) is 10.5. The molecule has 0 radical (unpaired) electrons. The molecule has 9 heteroatoms. The van der Waals surface area contributed by atoms with Gasteiger partial charge in [-0.15, -0.1) is 0 Å². The minimum absolute atomic E-state index is 0.0896. The molecule has 2 heterocycles. The van der Waals surface area contributed by atoms with Crippen LogP contribution in [0.5, 0.6) is 5.75 Å².